The van der Waals surface area contributed by atoms with E-state index in [1.807, 2.05) is 0 Å². The highest BCUT2D eigenvalue weighted by Gasteiger charge is 2.19. The molecule has 1 amide bonds. The van der Waals surface area contributed by atoms with Gasteiger partial charge in [-0.3, -0.25) is 4.79 Å². The van der Waals surface area contributed by atoms with Crippen molar-refractivity contribution >= 4 is 39.2 Å². The van der Waals surface area contributed by atoms with E-state index < -0.39 is 39.4 Å². The molecular formula is C15H12ClN5O6S. The van der Waals surface area contributed by atoms with E-state index >= 15 is 0 Å². The van der Waals surface area contributed by atoms with Crippen LogP contribution < -0.4 is 10.5 Å². The average Bonchev–Trinajstić information content (AvgIpc) is 3.31. The van der Waals surface area contributed by atoms with Gasteiger partial charge < -0.3 is 14.5 Å². The number of carbonyl (C=O) groups is 2. The highest BCUT2D eigenvalue weighted by molar-refractivity contribution is 7.89. The first-order chi connectivity index (χ1) is 13.2. The van der Waals surface area contributed by atoms with Gasteiger partial charge in [-0.2, -0.15) is 5.10 Å². The molecule has 3 N–H and O–H groups in total. The first-order valence-corrected chi connectivity index (χ1v) is 9.40. The molecular weight excluding hydrogens is 414 g/mol. The summed E-state index contributed by atoms with van der Waals surface area (Å²) in [6, 6.07) is 6.79. The molecule has 0 radical (unpaired) electrons. The minimum Gasteiger partial charge on any atom is -0.450 e. The minimum atomic E-state index is -4.10. The summed E-state index contributed by atoms with van der Waals surface area (Å²) in [4.78, 5) is 27.8. The van der Waals surface area contributed by atoms with E-state index in [9.17, 15) is 18.0 Å². The van der Waals surface area contributed by atoms with Gasteiger partial charge in [-0.05, 0) is 30.3 Å². The fourth-order valence-corrected chi connectivity index (χ4v) is 2.75. The summed E-state index contributed by atoms with van der Waals surface area (Å²) in [6.45, 7) is -0.659. The van der Waals surface area contributed by atoms with Crippen LogP contribution in [0.5, 0.6) is 0 Å². The van der Waals surface area contributed by atoms with Crippen molar-refractivity contribution in [3.63, 3.8) is 0 Å². The molecule has 3 rings (SSSR count). The summed E-state index contributed by atoms with van der Waals surface area (Å²) < 4.78 is 33.3. The zero-order valence-corrected chi connectivity index (χ0v) is 15.5. The zero-order chi connectivity index (χ0) is 20.3. The summed E-state index contributed by atoms with van der Waals surface area (Å²) in [5.41, 5.74) is 0.805. The molecule has 0 fully saturated rings. The number of primary sulfonamides is 1. The number of carbonyl (C=O) groups excluding carboxylic acids is 2. The SMILES string of the molecule is NS(=O)(=O)c1ccc(C(=O)OCC(=O)Nc2cc(Cl)ccc2-n2cncn2)o1. The number of nitrogens with one attached hydrogen (secondary N) is 1. The lowest BCUT2D eigenvalue weighted by atomic mass is 10.2. The molecule has 0 saturated heterocycles. The Bertz CT molecular complexity index is 1130. The smallest absolute Gasteiger partial charge is 0.374 e. The van der Waals surface area contributed by atoms with Gasteiger partial charge in [0.1, 0.15) is 12.7 Å². The number of sulfonamides is 1. The topological polar surface area (TPSA) is 159 Å². The fraction of sp³-hybridized carbons (Fsp3) is 0.0667. The van der Waals surface area contributed by atoms with Crippen LogP contribution in [0, 0.1) is 0 Å². The monoisotopic (exact) mass is 425 g/mol. The van der Waals surface area contributed by atoms with Gasteiger partial charge in [0.15, 0.2) is 6.61 Å². The Kier molecular flexibility index (Phi) is 5.44. The summed E-state index contributed by atoms with van der Waals surface area (Å²) in [5, 5.41) is 11.2. The normalized spacial score (nSPS) is 11.2. The van der Waals surface area contributed by atoms with Gasteiger partial charge in [0, 0.05) is 5.02 Å². The third kappa shape index (κ3) is 4.54. The first-order valence-electron chi connectivity index (χ1n) is 7.48. The van der Waals surface area contributed by atoms with Crippen LogP contribution in [0.4, 0.5) is 5.69 Å². The Hall–Kier alpha value is -3.22. The highest BCUT2D eigenvalue weighted by atomic mass is 35.5. The van der Waals surface area contributed by atoms with E-state index in [4.69, 9.17) is 25.9 Å². The second-order valence-corrected chi connectivity index (χ2v) is 7.22. The van der Waals surface area contributed by atoms with Crippen molar-refractivity contribution in [1.82, 2.24) is 14.8 Å². The number of anilines is 1. The second kappa shape index (κ2) is 7.80. The molecule has 0 aliphatic carbocycles. The molecule has 2 heterocycles. The zero-order valence-electron chi connectivity index (χ0n) is 13.9. The van der Waals surface area contributed by atoms with Crippen LogP contribution in [0.3, 0.4) is 0 Å². The summed E-state index contributed by atoms with van der Waals surface area (Å²) in [6.07, 6.45) is 2.75. The molecule has 0 atom stereocenters. The van der Waals surface area contributed by atoms with E-state index in [0.717, 1.165) is 12.1 Å². The Morgan fingerprint density at radius 1 is 1.29 bits per heavy atom. The van der Waals surface area contributed by atoms with E-state index in [1.54, 1.807) is 12.1 Å². The van der Waals surface area contributed by atoms with Crippen LogP contribution in [-0.4, -0.2) is 41.7 Å². The molecule has 0 aliphatic rings. The summed E-state index contributed by atoms with van der Waals surface area (Å²) >= 11 is 5.95. The van der Waals surface area contributed by atoms with E-state index in [2.05, 4.69) is 15.4 Å². The van der Waals surface area contributed by atoms with Crippen molar-refractivity contribution in [3.05, 3.63) is 53.8 Å². The third-order valence-electron chi connectivity index (χ3n) is 3.30. The predicted molar refractivity (Wildman–Crippen MR) is 95.4 cm³/mol. The van der Waals surface area contributed by atoms with Crippen molar-refractivity contribution in [2.45, 2.75) is 5.09 Å². The van der Waals surface area contributed by atoms with Crippen molar-refractivity contribution in [3.8, 4) is 5.69 Å². The maximum atomic E-state index is 12.1. The Morgan fingerprint density at radius 3 is 2.71 bits per heavy atom. The number of amides is 1. The fourth-order valence-electron chi connectivity index (χ4n) is 2.11. The molecule has 0 bridgehead atoms. The van der Waals surface area contributed by atoms with Gasteiger partial charge in [0.25, 0.3) is 15.9 Å². The van der Waals surface area contributed by atoms with Crippen molar-refractivity contribution in [1.29, 1.82) is 0 Å². The largest absolute Gasteiger partial charge is 0.450 e. The van der Waals surface area contributed by atoms with Crippen LogP contribution in [0.1, 0.15) is 10.6 Å². The molecule has 2 aromatic heterocycles. The number of esters is 1. The van der Waals surface area contributed by atoms with Crippen molar-refractivity contribution < 1.29 is 27.2 Å². The average molecular weight is 426 g/mol. The van der Waals surface area contributed by atoms with E-state index in [1.165, 1.54) is 23.4 Å². The second-order valence-electron chi connectivity index (χ2n) is 5.29. The van der Waals surface area contributed by atoms with Gasteiger partial charge in [0.2, 0.25) is 10.9 Å². The number of hydrogen-bond acceptors (Lipinski definition) is 8. The third-order valence-corrected chi connectivity index (χ3v) is 4.31. The van der Waals surface area contributed by atoms with Gasteiger partial charge in [-0.1, -0.05) is 11.6 Å². The number of aromatic nitrogens is 3. The van der Waals surface area contributed by atoms with Gasteiger partial charge in [0.05, 0.1) is 11.4 Å². The number of ether oxygens (including phenoxy) is 1. The minimum absolute atomic E-state index is 0.313. The Morgan fingerprint density at radius 2 is 2.07 bits per heavy atom. The van der Waals surface area contributed by atoms with Crippen molar-refractivity contribution in [2.24, 2.45) is 5.14 Å². The Balaban J connectivity index is 1.66. The van der Waals surface area contributed by atoms with Crippen LogP contribution in [0.25, 0.3) is 5.69 Å². The van der Waals surface area contributed by atoms with Crippen LogP contribution in [-0.2, 0) is 19.6 Å². The van der Waals surface area contributed by atoms with E-state index in [-0.39, 0.29) is 0 Å². The molecule has 0 spiro atoms. The number of benzene rings is 1. The van der Waals surface area contributed by atoms with Gasteiger partial charge >= 0.3 is 5.97 Å². The summed E-state index contributed by atoms with van der Waals surface area (Å²) in [7, 11) is -4.10. The lowest BCUT2D eigenvalue weighted by Crippen LogP contribution is -2.21. The molecule has 11 nitrogen and oxygen atoms in total. The maximum absolute atomic E-state index is 12.1. The van der Waals surface area contributed by atoms with Gasteiger partial charge in [-0.25, -0.2) is 28.0 Å². The molecule has 0 unspecified atom stereocenters. The first kappa shape index (κ1) is 19.5. The molecule has 0 aliphatic heterocycles. The van der Waals surface area contributed by atoms with Crippen LogP contribution >= 0.6 is 11.6 Å². The molecule has 3 aromatic rings. The number of halogens is 1. The number of hydrogen-bond donors (Lipinski definition) is 2. The molecule has 13 heteroatoms. The molecule has 1 aromatic carbocycles. The van der Waals surface area contributed by atoms with Crippen molar-refractivity contribution in [2.75, 3.05) is 11.9 Å². The summed E-state index contributed by atoms with van der Waals surface area (Å²) in [5.74, 6) is -2.12. The van der Waals surface area contributed by atoms with E-state index in [0.29, 0.717) is 16.4 Å². The highest BCUT2D eigenvalue weighted by Crippen LogP contribution is 2.24. The number of rotatable bonds is 6. The van der Waals surface area contributed by atoms with Gasteiger partial charge in [-0.15, -0.1) is 0 Å². The molecule has 146 valence electrons. The maximum Gasteiger partial charge on any atom is 0.374 e. The standard InChI is InChI=1S/C15H12ClN5O6S/c16-9-1-2-11(21-8-18-7-19-21)10(5-9)20-13(22)6-26-15(23)12-3-4-14(27-12)28(17,24)25/h1-5,7-8H,6H2,(H,20,22)(H2,17,24,25). The van der Waals surface area contributed by atoms with Crippen LogP contribution in [0.2, 0.25) is 5.02 Å². The molecule has 0 saturated carbocycles. The number of furan rings is 1. The lowest BCUT2D eigenvalue weighted by Gasteiger charge is -2.11. The number of nitrogens with zero attached hydrogens (tertiary/aromatic N) is 3. The number of nitrogens with two attached hydrogens (primary N) is 1. The predicted octanol–water partition coefficient (Wildman–Crippen LogP) is 0.957. The van der Waals surface area contributed by atoms with Crippen LogP contribution in [0.15, 0.2) is 52.5 Å². The molecule has 28 heavy (non-hydrogen) atoms. The quantitative estimate of drug-likeness (QED) is 0.552. The lowest BCUT2D eigenvalue weighted by molar-refractivity contribution is -0.119. The Labute approximate surface area is 163 Å².